The van der Waals surface area contributed by atoms with E-state index in [1.807, 2.05) is 6.92 Å². The number of hydrogen-bond donors (Lipinski definition) is 3. The first kappa shape index (κ1) is 16.5. The Hall–Kier alpha value is -1.51. The van der Waals surface area contributed by atoms with Crippen LogP contribution in [0.3, 0.4) is 0 Å². The van der Waals surface area contributed by atoms with Crippen LogP contribution in [-0.4, -0.2) is 19.3 Å². The van der Waals surface area contributed by atoms with Gasteiger partial charge in [-0.2, -0.15) is 0 Å². The lowest BCUT2D eigenvalue weighted by Gasteiger charge is -2.13. The zero-order chi connectivity index (χ0) is 15.3. The topological polar surface area (TPSA) is 115 Å². The number of sulfonamides is 1. The molecule has 0 radical (unpaired) electrons. The van der Waals surface area contributed by atoms with Crippen molar-refractivity contribution in [2.24, 2.45) is 16.8 Å². The average Bonchev–Trinajstić information content (AvgIpc) is 2.36. The smallest absolute Gasteiger partial charge is 0.238 e. The summed E-state index contributed by atoms with van der Waals surface area (Å²) in [4.78, 5) is 12.0. The molecule has 6 nitrogen and oxygen atoms in total. The van der Waals surface area contributed by atoms with Gasteiger partial charge in [-0.3, -0.25) is 4.79 Å². The minimum Gasteiger partial charge on any atom is -0.393 e. The Balaban J connectivity index is 2.67. The fraction of sp³-hybridized carbons (Fsp3) is 0.333. The van der Waals surface area contributed by atoms with Crippen molar-refractivity contribution in [1.82, 2.24) is 5.32 Å². The van der Waals surface area contributed by atoms with Crippen LogP contribution < -0.4 is 16.2 Å². The van der Waals surface area contributed by atoms with Crippen molar-refractivity contribution in [2.75, 3.05) is 0 Å². The van der Waals surface area contributed by atoms with Gasteiger partial charge in [-0.15, -0.1) is 0 Å². The number of primary sulfonamides is 1. The minimum absolute atomic E-state index is 0.0298. The van der Waals surface area contributed by atoms with Gasteiger partial charge in [0, 0.05) is 6.54 Å². The van der Waals surface area contributed by atoms with Crippen molar-refractivity contribution >= 4 is 33.1 Å². The lowest BCUT2D eigenvalue weighted by Crippen LogP contribution is -2.37. The normalized spacial score (nSPS) is 12.7. The lowest BCUT2D eigenvalue weighted by molar-refractivity contribution is -0.123. The summed E-state index contributed by atoms with van der Waals surface area (Å²) in [6.45, 7) is 2.09. The molecule has 1 aromatic carbocycles. The van der Waals surface area contributed by atoms with E-state index in [0.717, 1.165) is 5.56 Å². The van der Waals surface area contributed by atoms with E-state index >= 15 is 0 Å². The van der Waals surface area contributed by atoms with Gasteiger partial charge >= 0.3 is 0 Å². The molecule has 1 atom stereocenters. The van der Waals surface area contributed by atoms with Crippen LogP contribution in [0.2, 0.25) is 0 Å². The Kier molecular flexibility index (Phi) is 5.61. The Labute approximate surface area is 123 Å². The molecule has 0 fully saturated rings. The number of benzene rings is 1. The second-order valence-corrected chi connectivity index (χ2v) is 6.30. The van der Waals surface area contributed by atoms with Gasteiger partial charge in [0.1, 0.15) is 0 Å². The van der Waals surface area contributed by atoms with Gasteiger partial charge in [-0.25, -0.2) is 13.6 Å². The van der Waals surface area contributed by atoms with Crippen LogP contribution in [-0.2, 0) is 21.4 Å². The molecule has 0 saturated carbocycles. The highest BCUT2D eigenvalue weighted by Gasteiger charge is 2.18. The van der Waals surface area contributed by atoms with Crippen molar-refractivity contribution in [3.63, 3.8) is 0 Å². The Morgan fingerprint density at radius 1 is 1.35 bits per heavy atom. The van der Waals surface area contributed by atoms with E-state index in [1.165, 1.54) is 12.1 Å². The number of nitrogens with one attached hydrogen (secondary N) is 1. The quantitative estimate of drug-likeness (QED) is 0.651. The first-order chi connectivity index (χ1) is 9.25. The molecule has 1 amide bonds. The number of carbonyl (C=O) groups excluding carboxylic acids is 1. The molecule has 1 rings (SSSR count). The van der Waals surface area contributed by atoms with Crippen LogP contribution in [0.4, 0.5) is 0 Å². The third-order valence-corrected chi connectivity index (χ3v) is 4.00. The van der Waals surface area contributed by atoms with Crippen LogP contribution in [0.25, 0.3) is 0 Å². The molecular formula is C12H17N3O3S2. The zero-order valence-electron chi connectivity index (χ0n) is 11.0. The number of nitrogens with two attached hydrogens (primary N) is 2. The summed E-state index contributed by atoms with van der Waals surface area (Å²) < 4.78 is 22.2. The number of hydrogen-bond acceptors (Lipinski definition) is 4. The van der Waals surface area contributed by atoms with Gasteiger partial charge in [0.25, 0.3) is 0 Å². The maximum atomic E-state index is 11.8. The van der Waals surface area contributed by atoms with E-state index < -0.39 is 15.9 Å². The van der Waals surface area contributed by atoms with E-state index in [9.17, 15) is 13.2 Å². The second-order valence-electron chi connectivity index (χ2n) is 4.27. The predicted octanol–water partition coefficient (Wildman–Crippen LogP) is 0.263. The summed E-state index contributed by atoms with van der Waals surface area (Å²) in [6.07, 6.45) is 0.533. The minimum atomic E-state index is -3.70. The first-order valence-electron chi connectivity index (χ1n) is 5.94. The van der Waals surface area contributed by atoms with Crippen LogP contribution in [0.15, 0.2) is 29.2 Å². The van der Waals surface area contributed by atoms with Gasteiger partial charge in [-0.1, -0.05) is 31.3 Å². The number of thiocarbonyl (C=S) groups is 1. The summed E-state index contributed by atoms with van der Waals surface area (Å²) in [6, 6.07) is 5.95. The van der Waals surface area contributed by atoms with Crippen molar-refractivity contribution in [3.8, 4) is 0 Å². The third kappa shape index (κ3) is 4.55. The Morgan fingerprint density at radius 3 is 2.30 bits per heavy atom. The fourth-order valence-corrected chi connectivity index (χ4v) is 2.41. The molecule has 0 spiro atoms. The van der Waals surface area contributed by atoms with E-state index in [-0.39, 0.29) is 22.3 Å². The van der Waals surface area contributed by atoms with Crippen LogP contribution in [0, 0.1) is 5.92 Å². The van der Waals surface area contributed by atoms with Gasteiger partial charge < -0.3 is 11.1 Å². The first-order valence-corrected chi connectivity index (χ1v) is 7.90. The third-order valence-electron chi connectivity index (χ3n) is 2.79. The molecule has 0 aliphatic heterocycles. The summed E-state index contributed by atoms with van der Waals surface area (Å²) in [5.41, 5.74) is 6.23. The monoisotopic (exact) mass is 315 g/mol. The Morgan fingerprint density at radius 2 is 1.90 bits per heavy atom. The van der Waals surface area contributed by atoms with E-state index in [2.05, 4.69) is 5.32 Å². The van der Waals surface area contributed by atoms with Gasteiger partial charge in [0.15, 0.2) is 0 Å². The molecule has 20 heavy (non-hydrogen) atoms. The molecule has 8 heteroatoms. The van der Waals surface area contributed by atoms with Gasteiger partial charge in [-0.05, 0) is 24.1 Å². The summed E-state index contributed by atoms with van der Waals surface area (Å²) >= 11 is 4.82. The molecule has 0 aliphatic rings. The molecule has 0 aromatic heterocycles. The van der Waals surface area contributed by atoms with Crippen molar-refractivity contribution in [3.05, 3.63) is 29.8 Å². The standard InChI is InChI=1S/C12H17N3O3S2/c1-2-10(11(13)19)12(16)15-7-8-3-5-9(6-4-8)20(14,17)18/h3-6,10H,2,7H2,1H3,(H2,13,19)(H,15,16)(H2,14,17,18). The number of carbonyl (C=O) groups is 1. The molecule has 5 N–H and O–H groups in total. The number of rotatable bonds is 6. The van der Waals surface area contributed by atoms with Gasteiger partial charge in [0.05, 0.1) is 15.8 Å². The summed E-state index contributed by atoms with van der Waals surface area (Å²) in [5, 5.41) is 7.70. The molecule has 1 unspecified atom stereocenters. The molecule has 1 aromatic rings. The van der Waals surface area contributed by atoms with Gasteiger partial charge in [0.2, 0.25) is 15.9 Å². The zero-order valence-corrected chi connectivity index (χ0v) is 12.6. The second kappa shape index (κ2) is 6.78. The SMILES string of the molecule is CCC(C(=O)NCc1ccc(S(N)(=O)=O)cc1)C(N)=S. The maximum Gasteiger partial charge on any atom is 0.238 e. The molecule has 0 aliphatic carbocycles. The van der Waals surface area contributed by atoms with Crippen LogP contribution >= 0.6 is 12.2 Å². The van der Waals surface area contributed by atoms with Crippen molar-refractivity contribution < 1.29 is 13.2 Å². The highest BCUT2D eigenvalue weighted by Crippen LogP contribution is 2.09. The van der Waals surface area contributed by atoms with Crippen LogP contribution in [0.1, 0.15) is 18.9 Å². The molecular weight excluding hydrogens is 298 g/mol. The highest BCUT2D eigenvalue weighted by atomic mass is 32.2. The molecule has 0 saturated heterocycles. The van der Waals surface area contributed by atoms with E-state index in [1.54, 1.807) is 12.1 Å². The van der Waals surface area contributed by atoms with E-state index in [4.69, 9.17) is 23.1 Å². The maximum absolute atomic E-state index is 11.8. The van der Waals surface area contributed by atoms with Crippen LogP contribution in [0.5, 0.6) is 0 Å². The molecule has 0 heterocycles. The fourth-order valence-electron chi connectivity index (χ4n) is 1.63. The predicted molar refractivity (Wildman–Crippen MR) is 80.2 cm³/mol. The average molecular weight is 315 g/mol. The number of amides is 1. The largest absolute Gasteiger partial charge is 0.393 e. The summed E-state index contributed by atoms with van der Waals surface area (Å²) in [5.74, 6) is -0.732. The molecule has 110 valence electrons. The molecule has 0 bridgehead atoms. The van der Waals surface area contributed by atoms with Crippen molar-refractivity contribution in [1.29, 1.82) is 0 Å². The van der Waals surface area contributed by atoms with E-state index in [0.29, 0.717) is 6.42 Å². The highest BCUT2D eigenvalue weighted by molar-refractivity contribution is 7.89. The van der Waals surface area contributed by atoms with Crippen molar-refractivity contribution in [2.45, 2.75) is 24.8 Å². The Bertz CT molecular complexity index is 597. The lowest BCUT2D eigenvalue weighted by atomic mass is 10.1. The summed E-state index contributed by atoms with van der Waals surface area (Å²) in [7, 11) is -3.70.